The number of hydrogen-bond acceptors (Lipinski definition) is 2. The van der Waals surface area contributed by atoms with Gasteiger partial charge in [0.15, 0.2) is 5.78 Å². The lowest BCUT2D eigenvalue weighted by molar-refractivity contribution is -0.119. The quantitative estimate of drug-likeness (QED) is 0.717. The van der Waals surface area contributed by atoms with Gasteiger partial charge in [-0.3, -0.25) is 4.79 Å². The molecular weight excluding hydrogens is 328 g/mol. The van der Waals surface area contributed by atoms with Gasteiger partial charge in [-0.25, -0.2) is 0 Å². The average molecular weight is 349 g/mol. The molecule has 21 heavy (non-hydrogen) atoms. The van der Waals surface area contributed by atoms with Crippen LogP contribution >= 0.6 is 15.9 Å². The summed E-state index contributed by atoms with van der Waals surface area (Å²) in [7, 11) is 1.67. The Morgan fingerprint density at radius 1 is 1.24 bits per heavy atom. The van der Waals surface area contributed by atoms with Gasteiger partial charge < -0.3 is 4.74 Å². The number of benzene rings is 1. The Hall–Kier alpha value is -1.09. The number of ether oxygens (including phenoxy) is 1. The molecule has 3 rings (SSSR count). The lowest BCUT2D eigenvalue weighted by Gasteiger charge is -2.15. The number of carbonyl (C=O) groups excluding carboxylic acids is 1. The second-order valence-corrected chi connectivity index (χ2v) is 7.03. The van der Waals surface area contributed by atoms with Gasteiger partial charge in [-0.1, -0.05) is 28.8 Å². The smallest absolute Gasteiger partial charge is 0.162 e. The number of Topliss-reactive ketones (excluding diaryl/α,β-unsaturated/α-hetero) is 1. The topological polar surface area (TPSA) is 26.3 Å². The maximum Gasteiger partial charge on any atom is 0.162 e. The molecule has 0 amide bonds. The van der Waals surface area contributed by atoms with Crippen molar-refractivity contribution in [3.05, 3.63) is 33.8 Å². The largest absolute Gasteiger partial charge is 0.496 e. The molecule has 0 saturated heterocycles. The molecule has 0 unspecified atom stereocenters. The maximum absolute atomic E-state index is 12.7. The molecule has 2 aliphatic carbocycles. The first-order chi connectivity index (χ1) is 10.2. The summed E-state index contributed by atoms with van der Waals surface area (Å²) in [6, 6.07) is 5.91. The van der Waals surface area contributed by atoms with E-state index >= 15 is 0 Å². The Kier molecular flexibility index (Phi) is 4.48. The highest BCUT2D eigenvalue weighted by Crippen LogP contribution is 2.41. The van der Waals surface area contributed by atoms with Gasteiger partial charge in [-0.2, -0.15) is 0 Å². The van der Waals surface area contributed by atoms with Crippen LogP contribution in [0.3, 0.4) is 0 Å². The number of ketones is 1. The second kappa shape index (κ2) is 6.35. The van der Waals surface area contributed by atoms with Crippen molar-refractivity contribution in [2.24, 2.45) is 11.8 Å². The van der Waals surface area contributed by atoms with E-state index in [0.717, 1.165) is 34.2 Å². The van der Waals surface area contributed by atoms with Gasteiger partial charge in [0.25, 0.3) is 0 Å². The fraction of sp³-hybridized carbons (Fsp3) is 0.500. The molecule has 2 aliphatic rings. The van der Waals surface area contributed by atoms with Crippen molar-refractivity contribution >= 4 is 27.8 Å². The van der Waals surface area contributed by atoms with Gasteiger partial charge in [0.1, 0.15) is 5.75 Å². The lowest BCUT2D eigenvalue weighted by Crippen LogP contribution is -2.16. The minimum Gasteiger partial charge on any atom is -0.496 e. The number of halogens is 1. The maximum atomic E-state index is 12.7. The molecule has 2 saturated carbocycles. The van der Waals surface area contributed by atoms with E-state index < -0.39 is 0 Å². The van der Waals surface area contributed by atoms with E-state index in [1.54, 1.807) is 7.11 Å². The first kappa shape index (κ1) is 14.8. The molecule has 0 N–H and O–H groups in total. The van der Waals surface area contributed by atoms with Gasteiger partial charge >= 0.3 is 0 Å². The molecular formula is C18H21BrO2. The van der Waals surface area contributed by atoms with E-state index in [0.29, 0.717) is 11.7 Å². The zero-order valence-electron chi connectivity index (χ0n) is 12.4. The average Bonchev–Trinajstić information content (AvgIpc) is 3.10. The predicted molar refractivity (Wildman–Crippen MR) is 88.4 cm³/mol. The monoisotopic (exact) mass is 348 g/mol. The molecule has 3 heteroatoms. The van der Waals surface area contributed by atoms with Crippen molar-refractivity contribution in [1.29, 1.82) is 0 Å². The molecule has 1 aromatic rings. The Bertz CT molecular complexity index is 571. The van der Waals surface area contributed by atoms with E-state index in [-0.39, 0.29) is 5.92 Å². The van der Waals surface area contributed by atoms with Crippen LogP contribution in [0.5, 0.6) is 5.75 Å². The Morgan fingerprint density at radius 3 is 2.71 bits per heavy atom. The molecule has 0 aromatic heterocycles. The van der Waals surface area contributed by atoms with E-state index in [2.05, 4.69) is 15.9 Å². The van der Waals surface area contributed by atoms with Crippen LogP contribution < -0.4 is 4.74 Å². The van der Waals surface area contributed by atoms with Crippen LogP contribution in [0.25, 0.3) is 6.08 Å². The zero-order chi connectivity index (χ0) is 14.8. The third-order valence-corrected chi connectivity index (χ3v) is 5.36. The number of allylic oxidation sites excluding steroid dienone is 1. The number of carbonyl (C=O) groups is 1. The van der Waals surface area contributed by atoms with E-state index in [9.17, 15) is 4.79 Å². The molecule has 0 bridgehead atoms. The van der Waals surface area contributed by atoms with Gasteiger partial charge in [0.2, 0.25) is 0 Å². The second-order valence-electron chi connectivity index (χ2n) is 6.11. The minimum absolute atomic E-state index is 0.275. The van der Waals surface area contributed by atoms with E-state index in [1.807, 2.05) is 24.3 Å². The summed E-state index contributed by atoms with van der Waals surface area (Å²) in [6.45, 7) is 0. The molecule has 1 atom stereocenters. The summed E-state index contributed by atoms with van der Waals surface area (Å²) in [4.78, 5) is 12.7. The van der Waals surface area contributed by atoms with Gasteiger partial charge in [-0.15, -0.1) is 0 Å². The highest BCUT2D eigenvalue weighted by molar-refractivity contribution is 9.10. The van der Waals surface area contributed by atoms with Crippen LogP contribution in [0.2, 0.25) is 0 Å². The lowest BCUT2D eigenvalue weighted by atomic mass is 9.88. The summed E-state index contributed by atoms with van der Waals surface area (Å²) in [5.41, 5.74) is 1.96. The van der Waals surface area contributed by atoms with Crippen LogP contribution in [0.1, 0.15) is 44.1 Å². The molecule has 1 aromatic carbocycles. The third kappa shape index (κ3) is 3.08. The third-order valence-electron chi connectivity index (χ3n) is 4.87. The normalized spacial score (nSPS) is 25.0. The van der Waals surface area contributed by atoms with Crippen molar-refractivity contribution in [2.45, 2.75) is 38.5 Å². The predicted octanol–water partition coefficient (Wildman–Crippen LogP) is 5.01. The number of rotatable bonds is 3. The van der Waals surface area contributed by atoms with Gasteiger partial charge in [0.05, 0.1) is 7.11 Å². The first-order valence-electron chi connectivity index (χ1n) is 7.77. The molecule has 112 valence electrons. The van der Waals surface area contributed by atoms with Crippen molar-refractivity contribution in [3.63, 3.8) is 0 Å². The molecule has 0 heterocycles. The van der Waals surface area contributed by atoms with Crippen LogP contribution in [-0.2, 0) is 4.79 Å². The highest BCUT2D eigenvalue weighted by Gasteiger charge is 2.36. The van der Waals surface area contributed by atoms with Crippen LogP contribution in [0, 0.1) is 11.8 Å². The van der Waals surface area contributed by atoms with Crippen LogP contribution in [-0.4, -0.2) is 12.9 Å². The Labute approximate surface area is 134 Å². The van der Waals surface area contributed by atoms with Crippen LogP contribution in [0.15, 0.2) is 28.2 Å². The first-order valence-corrected chi connectivity index (χ1v) is 8.56. The van der Waals surface area contributed by atoms with Crippen molar-refractivity contribution < 1.29 is 9.53 Å². The summed E-state index contributed by atoms with van der Waals surface area (Å²) >= 11 is 3.49. The van der Waals surface area contributed by atoms with Gasteiger partial charge in [-0.05, 0) is 61.4 Å². The minimum atomic E-state index is 0.275. The molecule has 0 radical (unpaired) electrons. The van der Waals surface area contributed by atoms with Crippen molar-refractivity contribution in [1.82, 2.24) is 0 Å². The highest BCUT2D eigenvalue weighted by atomic mass is 79.9. The number of hydrogen-bond donors (Lipinski definition) is 0. The zero-order valence-corrected chi connectivity index (χ0v) is 14.0. The molecule has 2 fully saturated rings. The molecule has 0 aliphatic heterocycles. The summed E-state index contributed by atoms with van der Waals surface area (Å²) < 4.78 is 6.40. The van der Waals surface area contributed by atoms with E-state index in [4.69, 9.17) is 4.74 Å². The van der Waals surface area contributed by atoms with Crippen LogP contribution in [0.4, 0.5) is 0 Å². The SMILES string of the molecule is COc1ccc(Br)cc1/C=C1\CC[C@H](C2CCCC2)C1=O. The number of methoxy groups -OCH3 is 1. The molecule has 2 nitrogen and oxygen atoms in total. The summed E-state index contributed by atoms with van der Waals surface area (Å²) in [6.07, 6.45) is 9.05. The Morgan fingerprint density at radius 2 is 2.00 bits per heavy atom. The Balaban J connectivity index is 1.84. The standard InChI is InChI=1S/C18H21BrO2/c1-21-17-9-7-15(19)11-14(17)10-13-6-8-16(18(13)20)12-4-2-3-5-12/h7,9-12,16H,2-6,8H2,1H3/b13-10+/t16-/m1/s1. The van der Waals surface area contributed by atoms with Crippen molar-refractivity contribution in [3.8, 4) is 5.75 Å². The van der Waals surface area contributed by atoms with Gasteiger partial charge in [0, 0.05) is 16.0 Å². The summed E-state index contributed by atoms with van der Waals surface area (Å²) in [5.74, 6) is 2.11. The fourth-order valence-electron chi connectivity index (χ4n) is 3.76. The molecule has 0 spiro atoms. The van der Waals surface area contributed by atoms with Crippen molar-refractivity contribution in [2.75, 3.05) is 7.11 Å². The fourth-order valence-corrected chi connectivity index (χ4v) is 4.14. The van der Waals surface area contributed by atoms with E-state index in [1.165, 1.54) is 25.7 Å². The summed E-state index contributed by atoms with van der Waals surface area (Å²) in [5, 5.41) is 0.